The first-order valence-corrected chi connectivity index (χ1v) is 22.9. The van der Waals surface area contributed by atoms with Gasteiger partial charge in [0.25, 0.3) is 0 Å². The van der Waals surface area contributed by atoms with E-state index >= 15 is 0 Å². The van der Waals surface area contributed by atoms with Crippen LogP contribution >= 0.6 is 16.3 Å². The summed E-state index contributed by atoms with van der Waals surface area (Å²) in [4.78, 5) is 0. The van der Waals surface area contributed by atoms with Crippen molar-refractivity contribution in [3.05, 3.63) is 254 Å². The van der Waals surface area contributed by atoms with Gasteiger partial charge >= 0.3 is 0 Å². The van der Waals surface area contributed by atoms with Gasteiger partial charge in [0.2, 0.25) is 0 Å². The Kier molecular flexibility index (Phi) is 19.8. The van der Waals surface area contributed by atoms with Crippen molar-refractivity contribution in [2.24, 2.45) is 0 Å². The molecule has 0 N–H and O–H groups in total. The minimum absolute atomic E-state index is 0.782. The molecule has 0 fully saturated rings. The van der Waals surface area contributed by atoms with E-state index in [9.17, 15) is 0 Å². The van der Waals surface area contributed by atoms with Gasteiger partial charge in [-0.15, -0.1) is 0 Å². The molecule has 0 aliphatic rings. The highest BCUT2D eigenvalue weighted by atomic mass is 31.1. The fourth-order valence-electron chi connectivity index (χ4n) is 5.98. The molecule has 0 aromatic heterocycles. The highest BCUT2D eigenvalue weighted by Crippen LogP contribution is 2.48. The van der Waals surface area contributed by atoms with Crippen molar-refractivity contribution in [3.63, 3.8) is 0 Å². The first-order chi connectivity index (χ1) is 29.3. The van der Waals surface area contributed by atoms with Crippen molar-refractivity contribution >= 4 is 43.4 Å². The molecule has 0 aliphatic carbocycles. The second kappa shape index (κ2) is 25.4. The summed E-state index contributed by atoms with van der Waals surface area (Å²) in [6.07, 6.45) is 13.8. The average Bonchev–Trinajstić information content (AvgIpc) is 3.31. The lowest BCUT2D eigenvalue weighted by atomic mass is 10.0. The molecule has 0 saturated heterocycles. The molecular formula is C56H58O2P2. The van der Waals surface area contributed by atoms with E-state index in [2.05, 4.69) is 155 Å². The third-order valence-electron chi connectivity index (χ3n) is 9.00. The van der Waals surface area contributed by atoms with Crippen molar-refractivity contribution in [3.8, 4) is 16.9 Å². The summed E-state index contributed by atoms with van der Waals surface area (Å²) in [5.74, 6) is 1.62. The Bertz CT molecular complexity index is 2360. The molecule has 0 spiro atoms. The number of allylic oxidation sites excluding steroid dienone is 10. The van der Waals surface area contributed by atoms with Crippen LogP contribution in [0.2, 0.25) is 0 Å². The van der Waals surface area contributed by atoms with E-state index in [1.165, 1.54) is 22.3 Å². The Labute approximate surface area is 363 Å². The van der Waals surface area contributed by atoms with Crippen molar-refractivity contribution < 1.29 is 9.05 Å². The standard InChI is InChI=1S/C37H36O2P2.C17H16.C2H6/c1-6-16-32(8-3)38-41(36-20-14-11-15-21-36)37-27-31(30-24-22-29(5)23-25-30)26-33(28-37)39-40(34(9-4)17-7-2)35-18-12-10-13-19-35;1-14(16-9-5-3-6-10-16)13-15(2)17-11-7-4-8-12-17;1-2/h6-28H,2,4H2,1,3,5H3;3-13H,1H2,2H3;1-2H3/b16-6-,32-8+,34-17+;15-13+;. The van der Waals surface area contributed by atoms with Crippen LogP contribution in [0.5, 0.6) is 5.75 Å². The molecule has 0 saturated carbocycles. The molecule has 2 atom stereocenters. The molecule has 6 rings (SSSR count). The maximum atomic E-state index is 6.90. The quantitative estimate of drug-likeness (QED) is 0.0583. The lowest BCUT2D eigenvalue weighted by Crippen LogP contribution is -2.15. The molecular weight excluding hydrogens is 767 g/mol. The van der Waals surface area contributed by atoms with Crippen LogP contribution in [0.25, 0.3) is 22.3 Å². The van der Waals surface area contributed by atoms with Crippen LogP contribution in [0, 0.1) is 6.92 Å². The van der Waals surface area contributed by atoms with E-state index in [-0.39, 0.29) is 0 Å². The molecule has 0 amide bonds. The molecule has 6 aromatic rings. The van der Waals surface area contributed by atoms with Gasteiger partial charge in [0, 0.05) is 21.2 Å². The zero-order chi connectivity index (χ0) is 43.1. The van der Waals surface area contributed by atoms with E-state index in [0.717, 1.165) is 49.4 Å². The third-order valence-corrected chi connectivity index (χ3v) is 12.8. The average molecular weight is 825 g/mol. The van der Waals surface area contributed by atoms with Crippen molar-refractivity contribution in [1.82, 2.24) is 0 Å². The first-order valence-electron chi connectivity index (χ1n) is 20.3. The van der Waals surface area contributed by atoms with E-state index in [1.54, 1.807) is 6.08 Å². The summed E-state index contributed by atoms with van der Waals surface area (Å²) in [7, 11) is -2.37. The number of aryl methyl sites for hydroxylation is 1. The summed E-state index contributed by atoms with van der Waals surface area (Å²) in [6.45, 7) is 24.3. The van der Waals surface area contributed by atoms with Gasteiger partial charge in [-0.1, -0.05) is 215 Å². The molecule has 304 valence electrons. The molecule has 0 bridgehead atoms. The second-order valence-electron chi connectivity index (χ2n) is 13.3. The molecule has 2 nitrogen and oxygen atoms in total. The third kappa shape index (κ3) is 14.1. The minimum Gasteiger partial charge on any atom is -0.465 e. The highest BCUT2D eigenvalue weighted by molar-refractivity contribution is 7.68. The maximum absolute atomic E-state index is 6.90. The Morgan fingerprint density at radius 3 is 1.70 bits per heavy atom. The Hall–Kier alpha value is -6.04. The van der Waals surface area contributed by atoms with Crippen LogP contribution in [0.3, 0.4) is 0 Å². The molecule has 0 aliphatic heterocycles. The van der Waals surface area contributed by atoms with Gasteiger partial charge in [0.15, 0.2) is 16.3 Å². The molecule has 6 aromatic carbocycles. The van der Waals surface area contributed by atoms with E-state index < -0.39 is 16.3 Å². The van der Waals surface area contributed by atoms with E-state index in [4.69, 9.17) is 9.05 Å². The van der Waals surface area contributed by atoms with Crippen LogP contribution in [-0.2, 0) is 4.52 Å². The van der Waals surface area contributed by atoms with Gasteiger partial charge in [-0.05, 0) is 91.4 Å². The van der Waals surface area contributed by atoms with Gasteiger partial charge in [-0.3, -0.25) is 0 Å². The molecule has 0 radical (unpaired) electrons. The van der Waals surface area contributed by atoms with Crippen LogP contribution in [0.4, 0.5) is 0 Å². The summed E-state index contributed by atoms with van der Waals surface area (Å²) < 4.78 is 13.6. The van der Waals surface area contributed by atoms with Crippen molar-refractivity contribution in [2.75, 3.05) is 0 Å². The molecule has 0 heterocycles. The SMILES string of the molecule is C=C(/C=C(\C)c1ccccc1)c1ccccc1.C=C/C=C(\C=C)P(Oc1cc(-c2ccc(C)cc2)cc(P(OC(/C=C\C)=C/C)c2ccccc2)c1)c1ccccc1.CC. The topological polar surface area (TPSA) is 18.5 Å². The summed E-state index contributed by atoms with van der Waals surface area (Å²) in [5.41, 5.74) is 8.12. The predicted molar refractivity (Wildman–Crippen MR) is 268 cm³/mol. The summed E-state index contributed by atoms with van der Waals surface area (Å²) >= 11 is 0. The smallest absolute Gasteiger partial charge is 0.150 e. The maximum Gasteiger partial charge on any atom is 0.150 e. The summed E-state index contributed by atoms with van der Waals surface area (Å²) in [5, 5.41) is 4.29. The van der Waals surface area contributed by atoms with Crippen LogP contribution < -0.4 is 20.4 Å². The Balaban J connectivity index is 0.000000347. The number of hydrogen-bond acceptors (Lipinski definition) is 2. The lowest BCUT2D eigenvalue weighted by molar-refractivity contribution is 0.504. The first kappa shape index (κ1) is 46.6. The van der Waals surface area contributed by atoms with Gasteiger partial charge in [0.1, 0.15) is 11.5 Å². The lowest BCUT2D eigenvalue weighted by Gasteiger charge is -2.24. The molecule has 60 heavy (non-hydrogen) atoms. The Morgan fingerprint density at radius 1 is 0.617 bits per heavy atom. The van der Waals surface area contributed by atoms with E-state index in [1.807, 2.05) is 107 Å². The largest absolute Gasteiger partial charge is 0.465 e. The molecule has 2 unspecified atom stereocenters. The Morgan fingerprint density at radius 2 is 1.17 bits per heavy atom. The van der Waals surface area contributed by atoms with Gasteiger partial charge in [-0.25, -0.2) is 0 Å². The van der Waals surface area contributed by atoms with Crippen LogP contribution in [-0.4, -0.2) is 0 Å². The van der Waals surface area contributed by atoms with Gasteiger partial charge in [-0.2, -0.15) is 0 Å². The summed E-state index contributed by atoms with van der Waals surface area (Å²) in [6, 6.07) is 56.4. The monoisotopic (exact) mass is 824 g/mol. The fraction of sp³-hybridized carbons (Fsp3) is 0.107. The van der Waals surface area contributed by atoms with Crippen LogP contribution in [0.15, 0.2) is 237 Å². The fourth-order valence-corrected chi connectivity index (χ4v) is 9.48. The zero-order valence-electron chi connectivity index (χ0n) is 36.0. The van der Waals surface area contributed by atoms with Crippen molar-refractivity contribution in [2.45, 2.75) is 41.5 Å². The number of rotatable bonds is 15. The number of benzene rings is 6. The van der Waals surface area contributed by atoms with Gasteiger partial charge < -0.3 is 9.05 Å². The normalized spacial score (nSPS) is 12.5. The predicted octanol–water partition coefficient (Wildman–Crippen LogP) is 15.7. The highest BCUT2D eigenvalue weighted by Gasteiger charge is 2.23. The van der Waals surface area contributed by atoms with E-state index in [0.29, 0.717) is 0 Å². The zero-order valence-corrected chi connectivity index (χ0v) is 37.8. The van der Waals surface area contributed by atoms with Crippen LogP contribution in [0.1, 0.15) is 51.3 Å². The van der Waals surface area contributed by atoms with Gasteiger partial charge in [0.05, 0.1) is 0 Å². The number of hydrogen-bond donors (Lipinski definition) is 0. The second-order valence-corrected chi connectivity index (χ2v) is 16.9. The minimum atomic E-state index is -1.18. The molecule has 4 heteroatoms. The van der Waals surface area contributed by atoms with Crippen molar-refractivity contribution in [1.29, 1.82) is 0 Å².